The molecule has 1 saturated heterocycles. The minimum absolute atomic E-state index is 0.156. The number of likely N-dealkylation sites (tertiary alicyclic amines) is 1. The summed E-state index contributed by atoms with van der Waals surface area (Å²) >= 11 is 0. The fourth-order valence-electron chi connectivity index (χ4n) is 3.74. The third-order valence-electron chi connectivity index (χ3n) is 5.42. The van der Waals surface area contributed by atoms with E-state index in [-0.39, 0.29) is 17.9 Å². The number of nitrogens with zero attached hydrogens (tertiary/aromatic N) is 2. The van der Waals surface area contributed by atoms with E-state index in [0.29, 0.717) is 30.9 Å². The smallest absolute Gasteiger partial charge is 0.328 e. The monoisotopic (exact) mass is 442 g/mol. The molecule has 0 aliphatic carbocycles. The number of hydrogen-bond acceptors (Lipinski definition) is 7. The Hall–Kier alpha value is -3.62. The Morgan fingerprint density at radius 3 is 2.59 bits per heavy atom. The van der Waals surface area contributed by atoms with E-state index in [1.165, 1.54) is 29.2 Å². The van der Waals surface area contributed by atoms with E-state index in [1.54, 1.807) is 20.3 Å². The van der Waals surface area contributed by atoms with Crippen LogP contribution in [0.3, 0.4) is 0 Å². The van der Waals surface area contributed by atoms with Gasteiger partial charge in [-0.1, -0.05) is 12.1 Å². The predicted octanol–water partition coefficient (Wildman–Crippen LogP) is 3.39. The summed E-state index contributed by atoms with van der Waals surface area (Å²) in [7, 11) is 3.11. The van der Waals surface area contributed by atoms with E-state index in [0.717, 1.165) is 18.4 Å². The third-order valence-corrected chi connectivity index (χ3v) is 5.42. The number of nitro groups is 1. The van der Waals surface area contributed by atoms with Crippen LogP contribution in [-0.2, 0) is 16.0 Å². The fraction of sp³-hybridized carbons (Fsp3) is 0.391. The number of hydrogen-bond donors (Lipinski definition) is 0. The number of methoxy groups -OCH3 is 2. The van der Waals surface area contributed by atoms with E-state index >= 15 is 0 Å². The van der Waals surface area contributed by atoms with Gasteiger partial charge in [0.2, 0.25) is 0 Å². The Balaban J connectivity index is 1.64. The Kier molecular flexibility index (Phi) is 7.64. The first kappa shape index (κ1) is 23.1. The van der Waals surface area contributed by atoms with Gasteiger partial charge in [0.25, 0.3) is 11.6 Å². The average Bonchev–Trinajstić information content (AvgIpc) is 2.83. The highest BCUT2D eigenvalue weighted by Crippen LogP contribution is 2.28. The summed E-state index contributed by atoms with van der Waals surface area (Å²) in [5.74, 6) is 0.335. The van der Waals surface area contributed by atoms with Crippen LogP contribution < -0.4 is 9.47 Å². The van der Waals surface area contributed by atoms with Crippen molar-refractivity contribution >= 4 is 17.6 Å². The van der Waals surface area contributed by atoms with Crippen molar-refractivity contribution < 1.29 is 28.7 Å². The summed E-state index contributed by atoms with van der Waals surface area (Å²) in [4.78, 5) is 37.7. The summed E-state index contributed by atoms with van der Waals surface area (Å²) < 4.78 is 16.0. The molecule has 9 nitrogen and oxygen atoms in total. The fourth-order valence-corrected chi connectivity index (χ4v) is 3.74. The van der Waals surface area contributed by atoms with E-state index in [1.807, 2.05) is 12.1 Å². The molecule has 1 unspecified atom stereocenters. The molecule has 2 aromatic rings. The molecule has 1 aliphatic heterocycles. The topological polar surface area (TPSA) is 108 Å². The van der Waals surface area contributed by atoms with Gasteiger partial charge in [-0.05, 0) is 43.0 Å². The van der Waals surface area contributed by atoms with Crippen molar-refractivity contribution in [1.82, 2.24) is 4.90 Å². The maximum absolute atomic E-state index is 13.0. The number of carbonyl (C=O) groups excluding carboxylic acids is 2. The number of ether oxygens (including phenoxy) is 3. The zero-order valence-electron chi connectivity index (χ0n) is 18.1. The lowest BCUT2D eigenvalue weighted by Crippen LogP contribution is -2.48. The van der Waals surface area contributed by atoms with Gasteiger partial charge >= 0.3 is 5.97 Å². The maximum atomic E-state index is 13.0. The number of rotatable bonds is 8. The van der Waals surface area contributed by atoms with E-state index < -0.39 is 22.8 Å². The Bertz CT molecular complexity index is 992. The molecule has 32 heavy (non-hydrogen) atoms. The van der Waals surface area contributed by atoms with Gasteiger partial charge in [0.05, 0.1) is 25.7 Å². The Morgan fingerprint density at radius 2 is 1.88 bits per heavy atom. The minimum atomic E-state index is -0.707. The zero-order valence-corrected chi connectivity index (χ0v) is 18.1. The van der Waals surface area contributed by atoms with Crippen molar-refractivity contribution in [3.05, 3.63) is 63.7 Å². The van der Waals surface area contributed by atoms with Crippen LogP contribution in [0.4, 0.5) is 5.69 Å². The number of amides is 1. The van der Waals surface area contributed by atoms with Crippen LogP contribution in [0.2, 0.25) is 0 Å². The van der Waals surface area contributed by atoms with Crippen molar-refractivity contribution in [3.63, 3.8) is 0 Å². The molecular formula is C23H26N2O7. The Morgan fingerprint density at radius 1 is 1.09 bits per heavy atom. The standard InChI is InChI=1S/C23H26N2O7/c1-30-20-10-9-16(14-21(20)31-2)11-13-32-23(27)19-8-3-4-12-24(19)22(26)17-6-5-7-18(15-17)25(28)29/h5-7,9-10,14-15,19H,3-4,8,11-13H2,1-2H3. The van der Waals surface area contributed by atoms with Crippen molar-refractivity contribution in [2.75, 3.05) is 27.4 Å². The number of benzene rings is 2. The molecule has 1 atom stereocenters. The third kappa shape index (κ3) is 5.35. The van der Waals surface area contributed by atoms with Crippen LogP contribution in [0.25, 0.3) is 0 Å². The average molecular weight is 442 g/mol. The second kappa shape index (κ2) is 10.6. The van der Waals surface area contributed by atoms with Crippen LogP contribution in [0.1, 0.15) is 35.2 Å². The highest BCUT2D eigenvalue weighted by atomic mass is 16.6. The first-order chi connectivity index (χ1) is 15.4. The molecule has 0 spiro atoms. The van der Waals surface area contributed by atoms with Crippen LogP contribution in [-0.4, -0.2) is 55.1 Å². The van der Waals surface area contributed by atoms with Gasteiger partial charge in [-0.25, -0.2) is 4.79 Å². The molecule has 0 radical (unpaired) electrons. The number of nitro benzene ring substituents is 1. The Labute approximate surface area is 186 Å². The molecule has 3 rings (SSSR count). The van der Waals surface area contributed by atoms with Crippen molar-refractivity contribution in [1.29, 1.82) is 0 Å². The lowest BCUT2D eigenvalue weighted by atomic mass is 10.0. The molecule has 0 aromatic heterocycles. The van der Waals surface area contributed by atoms with Crippen molar-refractivity contribution in [3.8, 4) is 11.5 Å². The van der Waals surface area contributed by atoms with Gasteiger partial charge in [-0.15, -0.1) is 0 Å². The molecule has 1 aliphatic rings. The highest BCUT2D eigenvalue weighted by Gasteiger charge is 2.34. The predicted molar refractivity (Wildman–Crippen MR) is 116 cm³/mol. The molecule has 0 N–H and O–H groups in total. The highest BCUT2D eigenvalue weighted by molar-refractivity contribution is 5.97. The summed E-state index contributed by atoms with van der Waals surface area (Å²) in [5.41, 5.74) is 0.940. The SMILES string of the molecule is COc1ccc(CCOC(=O)C2CCCCN2C(=O)c2cccc([N+](=O)[O-])c2)cc1OC. The van der Waals surface area contributed by atoms with Gasteiger partial charge in [0.1, 0.15) is 6.04 Å². The quantitative estimate of drug-likeness (QED) is 0.350. The number of esters is 1. The number of non-ortho nitro benzene ring substituents is 1. The summed E-state index contributed by atoms with van der Waals surface area (Å²) in [6, 6.07) is 10.3. The van der Waals surface area contributed by atoms with E-state index in [9.17, 15) is 19.7 Å². The lowest BCUT2D eigenvalue weighted by Gasteiger charge is -2.34. The molecule has 170 valence electrons. The maximum Gasteiger partial charge on any atom is 0.328 e. The largest absolute Gasteiger partial charge is 0.493 e. The normalized spacial score (nSPS) is 15.7. The van der Waals surface area contributed by atoms with Crippen molar-refractivity contribution in [2.45, 2.75) is 31.7 Å². The molecule has 0 saturated carbocycles. The second-order valence-corrected chi connectivity index (χ2v) is 7.42. The van der Waals surface area contributed by atoms with Gasteiger partial charge in [0, 0.05) is 30.7 Å². The van der Waals surface area contributed by atoms with Gasteiger partial charge < -0.3 is 19.1 Å². The van der Waals surface area contributed by atoms with Crippen LogP contribution >= 0.6 is 0 Å². The van der Waals surface area contributed by atoms with Gasteiger partial charge in [-0.3, -0.25) is 14.9 Å². The second-order valence-electron chi connectivity index (χ2n) is 7.42. The van der Waals surface area contributed by atoms with Crippen LogP contribution in [0, 0.1) is 10.1 Å². The summed E-state index contributed by atoms with van der Waals surface area (Å²) in [5, 5.41) is 11.0. The number of piperidine rings is 1. The molecule has 1 fully saturated rings. The molecular weight excluding hydrogens is 416 g/mol. The van der Waals surface area contributed by atoms with E-state index in [2.05, 4.69) is 0 Å². The molecule has 9 heteroatoms. The van der Waals surface area contributed by atoms with Crippen molar-refractivity contribution in [2.24, 2.45) is 0 Å². The summed E-state index contributed by atoms with van der Waals surface area (Å²) in [6.45, 7) is 0.556. The first-order valence-electron chi connectivity index (χ1n) is 10.4. The summed E-state index contributed by atoms with van der Waals surface area (Å²) in [6.07, 6.45) is 2.54. The van der Waals surface area contributed by atoms with Gasteiger partial charge in [0.15, 0.2) is 11.5 Å². The molecule has 2 aromatic carbocycles. The zero-order chi connectivity index (χ0) is 23.1. The molecule has 1 amide bonds. The minimum Gasteiger partial charge on any atom is -0.493 e. The number of carbonyl (C=O) groups is 2. The van der Waals surface area contributed by atoms with Crippen LogP contribution in [0.15, 0.2) is 42.5 Å². The molecule has 0 bridgehead atoms. The van der Waals surface area contributed by atoms with E-state index in [4.69, 9.17) is 14.2 Å². The first-order valence-corrected chi connectivity index (χ1v) is 10.4. The lowest BCUT2D eigenvalue weighted by molar-refractivity contribution is -0.384. The van der Waals surface area contributed by atoms with Gasteiger partial charge in [-0.2, -0.15) is 0 Å². The molecule has 1 heterocycles. The van der Waals surface area contributed by atoms with Crippen LogP contribution in [0.5, 0.6) is 11.5 Å².